The van der Waals surface area contributed by atoms with E-state index in [1.165, 1.54) is 28.8 Å². The van der Waals surface area contributed by atoms with Crippen LogP contribution in [0.25, 0.3) is 16.6 Å². The third-order valence-corrected chi connectivity index (χ3v) is 7.57. The average Bonchev–Trinajstić information content (AvgIpc) is 3.07. The van der Waals surface area contributed by atoms with Crippen molar-refractivity contribution in [3.8, 4) is 5.69 Å². The van der Waals surface area contributed by atoms with Gasteiger partial charge in [-0.3, -0.25) is 4.90 Å². The van der Waals surface area contributed by atoms with E-state index >= 15 is 0 Å². The lowest BCUT2D eigenvalue weighted by molar-refractivity contribution is 0.210. The summed E-state index contributed by atoms with van der Waals surface area (Å²) < 4.78 is 15.2. The molecule has 32 heavy (non-hydrogen) atoms. The molecule has 1 saturated heterocycles. The van der Waals surface area contributed by atoms with Gasteiger partial charge in [-0.25, -0.2) is 9.07 Å². The maximum atomic E-state index is 13.4. The van der Waals surface area contributed by atoms with Gasteiger partial charge in [-0.2, -0.15) is 5.10 Å². The summed E-state index contributed by atoms with van der Waals surface area (Å²) in [5, 5.41) is 15.8. The molecule has 4 nitrogen and oxygen atoms in total. The van der Waals surface area contributed by atoms with E-state index in [1.807, 2.05) is 10.9 Å². The van der Waals surface area contributed by atoms with Gasteiger partial charge < -0.3 is 5.11 Å². The van der Waals surface area contributed by atoms with Crippen LogP contribution in [-0.4, -0.2) is 39.5 Å². The predicted molar refractivity (Wildman–Crippen MR) is 123 cm³/mol. The van der Waals surface area contributed by atoms with Crippen LogP contribution < -0.4 is 0 Å². The highest BCUT2D eigenvalue weighted by atomic mass is 19.1. The molecule has 4 aromatic rings. The van der Waals surface area contributed by atoms with Crippen LogP contribution >= 0.6 is 0 Å². The first-order valence-electron chi connectivity index (χ1n) is 11.2. The molecule has 6 rings (SSSR count). The molecule has 5 heteroatoms. The standard InChI is InChI=1S/C27H26FN3O/c1-18-11-26-20(13-29-31(26)22-9-7-21(28)8-10-22)12-23(18)27-17-30(15-24(27)25(27)16-32)14-19-5-3-2-4-6-19/h2-13,24-25,32H,14-17H2,1H3/t24-,25+,27+/m0/s1. The zero-order valence-corrected chi connectivity index (χ0v) is 18.1. The molecule has 2 aliphatic rings. The number of piperidine rings is 1. The van der Waals surface area contributed by atoms with Crippen LogP contribution in [0.1, 0.15) is 16.7 Å². The number of aliphatic hydroxyl groups excluding tert-OH is 1. The fraction of sp³-hybridized carbons (Fsp3) is 0.296. The maximum absolute atomic E-state index is 13.4. The zero-order valence-electron chi connectivity index (χ0n) is 18.1. The fourth-order valence-corrected chi connectivity index (χ4v) is 6.05. The molecular formula is C27H26FN3O. The lowest BCUT2D eigenvalue weighted by Gasteiger charge is -2.25. The number of aromatic nitrogens is 2. The van der Waals surface area contributed by atoms with Crippen LogP contribution in [0.5, 0.6) is 0 Å². The second-order valence-corrected chi connectivity index (χ2v) is 9.35. The summed E-state index contributed by atoms with van der Waals surface area (Å²) >= 11 is 0. The smallest absolute Gasteiger partial charge is 0.123 e. The van der Waals surface area contributed by atoms with Gasteiger partial charge >= 0.3 is 0 Å². The lowest BCUT2D eigenvalue weighted by Crippen LogP contribution is -2.30. The van der Waals surface area contributed by atoms with Gasteiger partial charge in [-0.05, 0) is 71.8 Å². The number of nitrogens with zero attached hydrogens (tertiary/aromatic N) is 3. The maximum Gasteiger partial charge on any atom is 0.123 e. The van der Waals surface area contributed by atoms with Gasteiger partial charge in [-0.15, -0.1) is 0 Å². The molecular weight excluding hydrogens is 401 g/mol. The van der Waals surface area contributed by atoms with Crippen molar-refractivity contribution in [1.29, 1.82) is 0 Å². The molecule has 0 radical (unpaired) electrons. The van der Waals surface area contributed by atoms with Gasteiger partial charge in [0.05, 0.1) is 17.4 Å². The molecule has 1 N–H and O–H groups in total. The highest BCUT2D eigenvalue weighted by molar-refractivity contribution is 5.83. The molecule has 3 atom stereocenters. The van der Waals surface area contributed by atoms with E-state index in [1.54, 1.807) is 12.1 Å². The molecule has 0 spiro atoms. The Morgan fingerprint density at radius 2 is 1.88 bits per heavy atom. The van der Waals surface area contributed by atoms with E-state index in [2.05, 4.69) is 59.4 Å². The van der Waals surface area contributed by atoms with Gasteiger partial charge in [-0.1, -0.05) is 30.3 Å². The summed E-state index contributed by atoms with van der Waals surface area (Å²) in [7, 11) is 0. The van der Waals surface area contributed by atoms with Crippen LogP contribution in [0.2, 0.25) is 0 Å². The van der Waals surface area contributed by atoms with Crippen molar-refractivity contribution in [2.75, 3.05) is 19.7 Å². The van der Waals surface area contributed by atoms with Crippen molar-refractivity contribution in [1.82, 2.24) is 14.7 Å². The SMILES string of the molecule is Cc1cc2c(cnn2-c2ccc(F)cc2)cc1[C@]12CN(Cc3ccccc3)C[C@H]1[C@H]2CO. The summed E-state index contributed by atoms with van der Waals surface area (Å²) in [6.07, 6.45) is 1.89. The number of aryl methyl sites for hydroxylation is 1. The Morgan fingerprint density at radius 1 is 1.09 bits per heavy atom. The van der Waals surface area contributed by atoms with Crippen LogP contribution in [0.3, 0.4) is 0 Å². The summed E-state index contributed by atoms with van der Waals surface area (Å²) in [5.41, 5.74) is 5.77. The minimum atomic E-state index is -0.251. The molecule has 3 aromatic carbocycles. The first-order valence-corrected chi connectivity index (χ1v) is 11.2. The van der Waals surface area contributed by atoms with E-state index in [0.29, 0.717) is 11.8 Å². The minimum absolute atomic E-state index is 0.0137. The van der Waals surface area contributed by atoms with Gasteiger partial charge in [0.15, 0.2) is 0 Å². The first kappa shape index (κ1) is 19.6. The molecule has 0 amide bonds. The Kier molecular flexibility index (Phi) is 4.46. The highest BCUT2D eigenvalue weighted by Gasteiger charge is 2.69. The second kappa shape index (κ2) is 7.26. The quantitative estimate of drug-likeness (QED) is 0.511. The normalized spacial score (nSPS) is 24.7. The number of rotatable bonds is 5. The molecule has 1 aromatic heterocycles. The van der Waals surface area contributed by atoms with Crippen LogP contribution in [0, 0.1) is 24.6 Å². The largest absolute Gasteiger partial charge is 0.396 e. The molecule has 2 fully saturated rings. The van der Waals surface area contributed by atoms with Crippen molar-refractivity contribution in [2.24, 2.45) is 11.8 Å². The topological polar surface area (TPSA) is 41.3 Å². The number of halogens is 1. The number of fused-ring (bicyclic) bond motifs is 2. The predicted octanol–water partition coefficient (Wildman–Crippen LogP) is 4.46. The minimum Gasteiger partial charge on any atom is -0.396 e. The summed E-state index contributed by atoms with van der Waals surface area (Å²) in [6.45, 7) is 5.33. The van der Waals surface area contributed by atoms with Crippen molar-refractivity contribution in [2.45, 2.75) is 18.9 Å². The number of hydrogen-bond acceptors (Lipinski definition) is 3. The second-order valence-electron chi connectivity index (χ2n) is 9.35. The Labute approximate surface area is 186 Å². The summed E-state index contributed by atoms with van der Waals surface area (Å²) in [4.78, 5) is 2.53. The number of hydrogen-bond donors (Lipinski definition) is 1. The van der Waals surface area contributed by atoms with E-state index < -0.39 is 0 Å². The van der Waals surface area contributed by atoms with Crippen LogP contribution in [0.4, 0.5) is 4.39 Å². The van der Waals surface area contributed by atoms with E-state index in [0.717, 1.165) is 36.2 Å². The molecule has 1 aliphatic carbocycles. The average molecular weight is 428 g/mol. The lowest BCUT2D eigenvalue weighted by atomic mass is 9.88. The molecule has 0 bridgehead atoms. The van der Waals surface area contributed by atoms with Crippen molar-refractivity contribution < 1.29 is 9.50 Å². The molecule has 0 unspecified atom stereocenters. The Hall–Kier alpha value is -3.02. The van der Waals surface area contributed by atoms with Gasteiger partial charge in [0.1, 0.15) is 5.82 Å². The third-order valence-electron chi connectivity index (χ3n) is 7.57. The number of benzene rings is 3. The van der Waals surface area contributed by atoms with Crippen molar-refractivity contribution >= 4 is 10.9 Å². The van der Waals surface area contributed by atoms with E-state index in [4.69, 9.17) is 0 Å². The first-order chi connectivity index (χ1) is 15.6. The van der Waals surface area contributed by atoms with Crippen LogP contribution in [0.15, 0.2) is 72.9 Å². The van der Waals surface area contributed by atoms with Crippen molar-refractivity contribution in [3.63, 3.8) is 0 Å². The van der Waals surface area contributed by atoms with Gasteiger partial charge in [0.25, 0.3) is 0 Å². The van der Waals surface area contributed by atoms with E-state index in [9.17, 15) is 9.50 Å². The van der Waals surface area contributed by atoms with Crippen molar-refractivity contribution in [3.05, 3.63) is 95.4 Å². The number of aliphatic hydroxyl groups is 1. The van der Waals surface area contributed by atoms with Crippen LogP contribution in [-0.2, 0) is 12.0 Å². The highest BCUT2D eigenvalue weighted by Crippen LogP contribution is 2.64. The van der Waals surface area contributed by atoms with Gasteiger partial charge in [0, 0.05) is 37.0 Å². The summed E-state index contributed by atoms with van der Waals surface area (Å²) in [5.74, 6) is 0.552. The monoisotopic (exact) mass is 427 g/mol. The Morgan fingerprint density at radius 3 is 2.62 bits per heavy atom. The fourth-order valence-electron chi connectivity index (χ4n) is 6.05. The molecule has 2 heterocycles. The van der Waals surface area contributed by atoms with E-state index in [-0.39, 0.29) is 17.8 Å². The zero-order chi connectivity index (χ0) is 21.9. The summed E-state index contributed by atoms with van der Waals surface area (Å²) in [6, 6.07) is 21.5. The molecule has 1 aliphatic heterocycles. The molecule has 1 saturated carbocycles. The Bertz CT molecular complexity index is 1280. The van der Waals surface area contributed by atoms with Gasteiger partial charge in [0.2, 0.25) is 0 Å². The third kappa shape index (κ3) is 2.92. The Balaban J connectivity index is 1.35. The number of likely N-dealkylation sites (tertiary alicyclic amines) is 1. The molecule has 162 valence electrons.